The summed E-state index contributed by atoms with van der Waals surface area (Å²) in [6.07, 6.45) is 0. The van der Waals surface area contributed by atoms with E-state index >= 15 is 0 Å². The molecule has 1 nitrogen and oxygen atoms in total. The quantitative estimate of drug-likeness (QED) is 0.586. The van der Waals surface area contributed by atoms with Crippen LogP contribution in [0.1, 0.15) is 0 Å². The average molecular weight is 160 g/mol. The number of nitrogens with one attached hydrogen (secondary N) is 1. The molecule has 1 radical (unpaired) electrons. The number of aromatic amines is 1. The van der Waals surface area contributed by atoms with Gasteiger partial charge in [-0.15, -0.1) is 0 Å². The molecule has 0 aliphatic heterocycles. The van der Waals surface area contributed by atoms with Gasteiger partial charge < -0.3 is 4.98 Å². The fourth-order valence-electron chi connectivity index (χ4n) is 1.03. The Morgan fingerprint density at radius 3 is 3.09 bits per heavy atom. The van der Waals surface area contributed by atoms with Crippen LogP contribution in [0.2, 0.25) is 0 Å². The highest BCUT2D eigenvalue weighted by Crippen LogP contribution is 2.08. The van der Waals surface area contributed by atoms with E-state index in [1.807, 2.05) is 30.3 Å². The molecule has 2 aromatic rings. The van der Waals surface area contributed by atoms with Crippen LogP contribution in [0.5, 0.6) is 0 Å². The van der Waals surface area contributed by atoms with E-state index in [-0.39, 0.29) is 0 Å². The van der Waals surface area contributed by atoms with E-state index in [2.05, 4.69) is 11.1 Å². The van der Waals surface area contributed by atoms with E-state index < -0.39 is 0 Å². The standard InChI is InChI=1S/C9H6NS/c11-9-6-5-7-3-1-2-4-8(7)10-9/h1-3,5-6H,(H,10,11). The van der Waals surface area contributed by atoms with Crippen molar-refractivity contribution in [3.8, 4) is 0 Å². The third kappa shape index (κ3) is 1.17. The number of hydrogen-bond donors (Lipinski definition) is 1. The Balaban J connectivity index is 2.94. The molecule has 0 bridgehead atoms. The van der Waals surface area contributed by atoms with Gasteiger partial charge in [0.1, 0.15) is 4.64 Å². The number of hydrogen-bond acceptors (Lipinski definition) is 1. The molecular formula is C9H6NS. The third-order valence-electron chi connectivity index (χ3n) is 1.55. The van der Waals surface area contributed by atoms with Gasteiger partial charge in [-0.25, -0.2) is 0 Å². The zero-order chi connectivity index (χ0) is 7.68. The van der Waals surface area contributed by atoms with Crippen LogP contribution in [0.15, 0.2) is 30.3 Å². The zero-order valence-electron chi connectivity index (χ0n) is 5.79. The fraction of sp³-hybridized carbons (Fsp3) is 0. The van der Waals surface area contributed by atoms with E-state index in [9.17, 15) is 0 Å². The minimum absolute atomic E-state index is 0.750. The van der Waals surface area contributed by atoms with Gasteiger partial charge in [0, 0.05) is 6.07 Å². The van der Waals surface area contributed by atoms with Crippen molar-refractivity contribution in [1.82, 2.24) is 4.98 Å². The summed E-state index contributed by atoms with van der Waals surface area (Å²) in [7, 11) is 0. The lowest BCUT2D eigenvalue weighted by Crippen LogP contribution is -1.77. The van der Waals surface area contributed by atoms with Crippen LogP contribution in [-0.2, 0) is 0 Å². The molecule has 0 unspecified atom stereocenters. The van der Waals surface area contributed by atoms with Gasteiger partial charge in [0.05, 0.1) is 5.52 Å². The molecule has 11 heavy (non-hydrogen) atoms. The normalized spacial score (nSPS) is 10.2. The molecule has 0 atom stereocenters. The summed E-state index contributed by atoms with van der Waals surface area (Å²) in [4.78, 5) is 3.05. The number of pyridine rings is 1. The molecule has 2 rings (SSSR count). The van der Waals surface area contributed by atoms with E-state index in [0.717, 1.165) is 15.5 Å². The maximum absolute atomic E-state index is 4.96. The second-order valence-electron chi connectivity index (χ2n) is 2.32. The molecule has 1 aromatic heterocycles. The zero-order valence-corrected chi connectivity index (χ0v) is 6.61. The van der Waals surface area contributed by atoms with Crippen LogP contribution in [0.3, 0.4) is 0 Å². The van der Waals surface area contributed by atoms with Crippen molar-refractivity contribution in [3.05, 3.63) is 41.0 Å². The molecule has 0 saturated heterocycles. The molecule has 0 amide bonds. The molecule has 0 aliphatic rings. The van der Waals surface area contributed by atoms with Gasteiger partial charge in [-0.3, -0.25) is 0 Å². The number of fused-ring (bicyclic) bond motifs is 1. The molecule has 0 aliphatic carbocycles. The topological polar surface area (TPSA) is 15.8 Å². The highest BCUT2D eigenvalue weighted by Gasteiger charge is 1.88. The van der Waals surface area contributed by atoms with Crippen molar-refractivity contribution in [2.24, 2.45) is 0 Å². The summed E-state index contributed by atoms with van der Waals surface area (Å²) in [6, 6.07) is 12.8. The highest BCUT2D eigenvalue weighted by atomic mass is 32.1. The van der Waals surface area contributed by atoms with Crippen LogP contribution in [-0.4, -0.2) is 4.98 Å². The maximum atomic E-state index is 4.96. The summed E-state index contributed by atoms with van der Waals surface area (Å²) in [5.41, 5.74) is 0.972. The van der Waals surface area contributed by atoms with E-state index in [0.29, 0.717) is 0 Å². The minimum Gasteiger partial charge on any atom is -0.346 e. The molecule has 1 N–H and O–H groups in total. The first-order chi connectivity index (χ1) is 5.36. The molecule has 2 heteroatoms. The van der Waals surface area contributed by atoms with Gasteiger partial charge in [-0.1, -0.05) is 30.4 Å². The van der Waals surface area contributed by atoms with Crippen molar-refractivity contribution in [2.45, 2.75) is 0 Å². The summed E-state index contributed by atoms with van der Waals surface area (Å²) in [6.45, 7) is 0. The smallest absolute Gasteiger partial charge is 0.103 e. The fourth-order valence-corrected chi connectivity index (χ4v) is 1.20. The minimum atomic E-state index is 0.750. The van der Waals surface area contributed by atoms with Gasteiger partial charge in [0.2, 0.25) is 0 Å². The predicted molar refractivity (Wildman–Crippen MR) is 48.0 cm³/mol. The van der Waals surface area contributed by atoms with E-state index in [1.54, 1.807) is 0 Å². The molecule has 0 fully saturated rings. The lowest BCUT2D eigenvalue weighted by molar-refractivity contribution is 1.37. The maximum Gasteiger partial charge on any atom is 0.103 e. The second-order valence-corrected chi connectivity index (χ2v) is 2.76. The Bertz CT molecular complexity index is 431. The molecule has 1 heterocycles. The number of benzene rings is 1. The molecule has 0 saturated carbocycles. The first kappa shape index (κ1) is 6.55. The Kier molecular flexibility index (Phi) is 1.47. The van der Waals surface area contributed by atoms with Crippen molar-refractivity contribution in [1.29, 1.82) is 0 Å². The van der Waals surface area contributed by atoms with Crippen LogP contribution in [0.4, 0.5) is 0 Å². The molecule has 1 aromatic carbocycles. The average Bonchev–Trinajstić information content (AvgIpc) is 2.04. The largest absolute Gasteiger partial charge is 0.346 e. The lowest BCUT2D eigenvalue weighted by Gasteiger charge is -1.93. The van der Waals surface area contributed by atoms with E-state index in [1.165, 1.54) is 0 Å². The molecule has 0 spiro atoms. The predicted octanol–water partition coefficient (Wildman–Crippen LogP) is 2.70. The highest BCUT2D eigenvalue weighted by molar-refractivity contribution is 7.71. The molecular weight excluding hydrogens is 154 g/mol. The summed E-state index contributed by atoms with van der Waals surface area (Å²) in [5.74, 6) is 0. The van der Waals surface area contributed by atoms with Gasteiger partial charge in [0.25, 0.3) is 0 Å². The van der Waals surface area contributed by atoms with E-state index in [4.69, 9.17) is 12.2 Å². The lowest BCUT2D eigenvalue weighted by atomic mass is 10.2. The van der Waals surface area contributed by atoms with Crippen LogP contribution >= 0.6 is 12.2 Å². The Morgan fingerprint density at radius 2 is 2.18 bits per heavy atom. The summed E-state index contributed by atoms with van der Waals surface area (Å²) >= 11 is 4.96. The number of aromatic nitrogens is 1. The number of para-hydroxylation sites is 1. The van der Waals surface area contributed by atoms with Gasteiger partial charge in [-0.05, 0) is 17.5 Å². The van der Waals surface area contributed by atoms with Crippen LogP contribution in [0.25, 0.3) is 10.9 Å². The second kappa shape index (κ2) is 2.47. The number of rotatable bonds is 0. The van der Waals surface area contributed by atoms with Crippen LogP contribution in [0, 0.1) is 10.7 Å². The molecule has 53 valence electrons. The van der Waals surface area contributed by atoms with Crippen molar-refractivity contribution < 1.29 is 0 Å². The van der Waals surface area contributed by atoms with Gasteiger partial charge >= 0.3 is 0 Å². The SMILES string of the molecule is S=c1ccc2ccc[c]c2[nH]1. The summed E-state index contributed by atoms with van der Waals surface area (Å²) < 4.78 is 0.750. The first-order valence-corrected chi connectivity index (χ1v) is 3.77. The van der Waals surface area contributed by atoms with Crippen molar-refractivity contribution in [3.63, 3.8) is 0 Å². The van der Waals surface area contributed by atoms with Crippen LogP contribution < -0.4 is 0 Å². The van der Waals surface area contributed by atoms with Crippen molar-refractivity contribution in [2.75, 3.05) is 0 Å². The Hall–Kier alpha value is -1.15. The third-order valence-corrected chi connectivity index (χ3v) is 1.79. The monoisotopic (exact) mass is 160 g/mol. The Morgan fingerprint density at radius 1 is 1.27 bits per heavy atom. The first-order valence-electron chi connectivity index (χ1n) is 3.36. The van der Waals surface area contributed by atoms with Crippen molar-refractivity contribution >= 4 is 23.1 Å². The van der Waals surface area contributed by atoms with Gasteiger partial charge in [-0.2, -0.15) is 0 Å². The summed E-state index contributed by atoms with van der Waals surface area (Å²) in [5, 5.41) is 1.14. The van der Waals surface area contributed by atoms with Gasteiger partial charge in [0.15, 0.2) is 0 Å². The Labute approximate surface area is 69.7 Å². The number of H-pyrrole nitrogens is 1.